The van der Waals surface area contributed by atoms with Crippen LogP contribution in [0.5, 0.6) is 0 Å². The van der Waals surface area contributed by atoms with Crippen LogP contribution < -0.4 is 9.62 Å². The van der Waals surface area contributed by atoms with E-state index in [0.717, 1.165) is 0 Å². The molecule has 0 bridgehead atoms. The molecule has 1 aliphatic carbocycles. The van der Waals surface area contributed by atoms with Gasteiger partial charge >= 0.3 is 0 Å². The number of aliphatic hydroxyl groups excluding tert-OH is 1. The molecule has 0 unspecified atom stereocenters. The molecule has 1 atom stereocenters. The van der Waals surface area contributed by atoms with E-state index in [-0.39, 0.29) is 23.6 Å². The molecule has 0 saturated heterocycles. The average molecular weight is 494 g/mol. The quantitative estimate of drug-likeness (QED) is 0.452. The van der Waals surface area contributed by atoms with Gasteiger partial charge in [0.25, 0.3) is 0 Å². The van der Waals surface area contributed by atoms with E-state index in [1.807, 2.05) is 18.0 Å². The number of rotatable bonds is 9. The third-order valence-electron chi connectivity index (χ3n) is 5.72. The molecule has 0 spiro atoms. The molecule has 33 heavy (non-hydrogen) atoms. The highest BCUT2D eigenvalue weighted by molar-refractivity contribution is 7.89. The fourth-order valence-corrected chi connectivity index (χ4v) is 6.91. The smallest absolute Gasteiger partial charge is 0.244 e. The summed E-state index contributed by atoms with van der Waals surface area (Å²) in [5.74, 6) is 0.106. The molecule has 0 amide bonds. The van der Waals surface area contributed by atoms with Gasteiger partial charge in [0.15, 0.2) is 5.65 Å². The minimum absolute atomic E-state index is 0.0339. The summed E-state index contributed by atoms with van der Waals surface area (Å²) in [6.07, 6.45) is 3.05. The highest BCUT2D eigenvalue weighted by atomic mass is 32.2. The largest absolute Gasteiger partial charge is 0.392 e. The van der Waals surface area contributed by atoms with Gasteiger partial charge in [-0.15, -0.1) is 0 Å². The predicted octanol–water partition coefficient (Wildman–Crippen LogP) is 1.08. The molecular weight excluding hydrogens is 466 g/mol. The lowest BCUT2D eigenvalue weighted by Crippen LogP contribution is -2.54. The minimum Gasteiger partial charge on any atom is -0.392 e. The molecule has 3 aromatic rings. The maximum atomic E-state index is 13.0. The zero-order chi connectivity index (χ0) is 23.8. The molecule has 1 fully saturated rings. The predicted molar refractivity (Wildman–Crippen MR) is 126 cm³/mol. The van der Waals surface area contributed by atoms with Crippen molar-refractivity contribution < 1.29 is 21.9 Å². The van der Waals surface area contributed by atoms with Gasteiger partial charge in [-0.05, 0) is 31.4 Å². The van der Waals surface area contributed by atoms with Crippen molar-refractivity contribution in [3.05, 3.63) is 54.5 Å². The van der Waals surface area contributed by atoms with Crippen LogP contribution in [0.3, 0.4) is 0 Å². The number of anilines is 1. The topological polar surface area (TPSA) is 134 Å². The molecule has 1 saturated carbocycles. The number of aliphatic hydroxyl groups is 1. The molecule has 1 aliphatic rings. The Morgan fingerprint density at radius 1 is 1.15 bits per heavy atom. The van der Waals surface area contributed by atoms with E-state index in [1.54, 1.807) is 30.3 Å². The summed E-state index contributed by atoms with van der Waals surface area (Å²) in [6.45, 7) is 1.43. The number of hydrogen-bond donors (Lipinski definition) is 2. The van der Waals surface area contributed by atoms with E-state index in [2.05, 4.69) is 14.7 Å². The molecule has 2 heterocycles. The van der Waals surface area contributed by atoms with Crippen LogP contribution in [0.4, 0.5) is 5.82 Å². The first kappa shape index (κ1) is 23.6. The Bertz CT molecular complexity index is 1330. The summed E-state index contributed by atoms with van der Waals surface area (Å²) in [5, 5.41) is 9.94. The van der Waals surface area contributed by atoms with Crippen LogP contribution in [-0.2, 0) is 25.8 Å². The third kappa shape index (κ3) is 5.18. The molecule has 178 valence electrons. The van der Waals surface area contributed by atoms with Crippen LogP contribution in [-0.4, -0.2) is 66.9 Å². The summed E-state index contributed by atoms with van der Waals surface area (Å²) >= 11 is 0. The lowest BCUT2D eigenvalue weighted by molar-refractivity contribution is 0.217. The molecule has 10 nitrogen and oxygen atoms in total. The first-order valence-corrected chi connectivity index (χ1v) is 13.8. The summed E-state index contributed by atoms with van der Waals surface area (Å²) in [6, 6.07) is 10.5. The van der Waals surface area contributed by atoms with Crippen LogP contribution in [0.15, 0.2) is 48.9 Å². The molecule has 0 aliphatic heterocycles. The lowest BCUT2D eigenvalue weighted by atomic mass is 9.86. The van der Waals surface area contributed by atoms with Crippen LogP contribution in [0.25, 0.3) is 11.0 Å². The van der Waals surface area contributed by atoms with Gasteiger partial charge in [-0.2, -0.15) is 0 Å². The Balaban J connectivity index is 1.50. The summed E-state index contributed by atoms with van der Waals surface area (Å²) in [7, 11) is -5.37. The first-order chi connectivity index (χ1) is 15.6. The minimum atomic E-state index is -3.68. The fourth-order valence-electron chi connectivity index (χ4n) is 4.07. The van der Waals surface area contributed by atoms with Crippen molar-refractivity contribution >= 4 is 36.9 Å². The van der Waals surface area contributed by atoms with Gasteiger partial charge in [-0.1, -0.05) is 30.3 Å². The van der Waals surface area contributed by atoms with Crippen molar-refractivity contribution in [1.82, 2.24) is 18.7 Å². The Hall–Kier alpha value is -2.54. The van der Waals surface area contributed by atoms with Crippen molar-refractivity contribution in [2.45, 2.75) is 43.7 Å². The summed E-state index contributed by atoms with van der Waals surface area (Å²) in [4.78, 5) is 10.5. The van der Waals surface area contributed by atoms with Crippen LogP contribution in [0.1, 0.15) is 25.3 Å². The van der Waals surface area contributed by atoms with Gasteiger partial charge in [-0.3, -0.25) is 0 Å². The van der Waals surface area contributed by atoms with Gasteiger partial charge in [0.2, 0.25) is 20.0 Å². The van der Waals surface area contributed by atoms with Crippen molar-refractivity contribution in [3.8, 4) is 0 Å². The number of sulfonamides is 1. The van der Waals surface area contributed by atoms with Gasteiger partial charge < -0.3 is 10.0 Å². The van der Waals surface area contributed by atoms with Crippen molar-refractivity contribution in [2.75, 3.05) is 17.7 Å². The first-order valence-electron chi connectivity index (χ1n) is 10.6. The Morgan fingerprint density at radius 3 is 2.52 bits per heavy atom. The van der Waals surface area contributed by atoms with E-state index in [0.29, 0.717) is 35.3 Å². The van der Waals surface area contributed by atoms with Gasteiger partial charge in [0.1, 0.15) is 12.1 Å². The monoisotopic (exact) mass is 493 g/mol. The standard InChI is InChI=1S/C21H27N5O5S2/c1-15(27)12-32(28,29)24-17-10-18(11-17)25(2)20-19-8-9-26(21(19)23-14-22-20)33(30,31)13-16-6-4-3-5-7-16/h3-9,14-15,17-18,24,27H,10-13H2,1-2H3/t15-,17?,18?/m1/s1. The zero-order valence-corrected chi connectivity index (χ0v) is 20.0. The normalized spacial score (nSPS) is 19.8. The number of nitrogens with one attached hydrogen (secondary N) is 1. The van der Waals surface area contributed by atoms with Gasteiger partial charge in [0, 0.05) is 25.3 Å². The summed E-state index contributed by atoms with van der Waals surface area (Å²) in [5.41, 5.74) is 0.987. The number of nitrogens with zero attached hydrogens (tertiary/aromatic N) is 4. The highest BCUT2D eigenvalue weighted by Gasteiger charge is 2.36. The van der Waals surface area contributed by atoms with Crippen LogP contribution >= 0.6 is 0 Å². The van der Waals surface area contributed by atoms with Crippen molar-refractivity contribution in [3.63, 3.8) is 0 Å². The average Bonchev–Trinajstić information content (AvgIpc) is 3.14. The second kappa shape index (κ2) is 9.01. The molecular formula is C21H27N5O5S2. The van der Waals surface area contributed by atoms with Crippen molar-refractivity contribution in [1.29, 1.82) is 0 Å². The third-order valence-corrected chi connectivity index (χ3v) is 8.93. The number of benzene rings is 1. The fraction of sp³-hybridized carbons (Fsp3) is 0.429. The number of fused-ring (bicyclic) bond motifs is 1. The van der Waals surface area contributed by atoms with Crippen LogP contribution in [0, 0.1) is 0 Å². The molecule has 1 aromatic carbocycles. The van der Waals surface area contributed by atoms with E-state index in [1.165, 1.54) is 23.4 Å². The van der Waals surface area contributed by atoms with E-state index in [4.69, 9.17) is 0 Å². The van der Waals surface area contributed by atoms with Gasteiger partial charge in [-0.25, -0.2) is 35.5 Å². The van der Waals surface area contributed by atoms with Gasteiger partial charge in [0.05, 0.1) is 23.0 Å². The maximum absolute atomic E-state index is 13.0. The molecule has 0 radical (unpaired) electrons. The second-order valence-corrected chi connectivity index (χ2v) is 12.1. The number of aromatic nitrogens is 3. The Labute approximate surface area is 193 Å². The second-order valence-electron chi connectivity index (χ2n) is 8.47. The molecule has 2 N–H and O–H groups in total. The SMILES string of the molecule is C[C@@H](O)CS(=O)(=O)NC1CC(N(C)c2ncnc3c2ccn3S(=O)(=O)Cc2ccccc2)C1. The van der Waals surface area contributed by atoms with Crippen LogP contribution in [0.2, 0.25) is 0 Å². The summed E-state index contributed by atoms with van der Waals surface area (Å²) < 4.78 is 53.9. The van der Waals surface area contributed by atoms with E-state index >= 15 is 0 Å². The molecule has 2 aromatic heterocycles. The Morgan fingerprint density at radius 2 is 1.85 bits per heavy atom. The van der Waals surface area contributed by atoms with E-state index in [9.17, 15) is 21.9 Å². The number of hydrogen-bond acceptors (Lipinski definition) is 8. The molecule has 4 rings (SSSR count). The highest BCUT2D eigenvalue weighted by Crippen LogP contribution is 2.32. The molecule has 12 heteroatoms. The van der Waals surface area contributed by atoms with Crippen molar-refractivity contribution in [2.24, 2.45) is 0 Å². The van der Waals surface area contributed by atoms with E-state index < -0.39 is 26.2 Å². The Kier molecular flexibility index (Phi) is 6.45. The zero-order valence-electron chi connectivity index (χ0n) is 18.4. The lowest BCUT2D eigenvalue weighted by Gasteiger charge is -2.42. The maximum Gasteiger partial charge on any atom is 0.244 e.